The van der Waals surface area contributed by atoms with Crippen molar-refractivity contribution in [2.24, 2.45) is 5.92 Å². The van der Waals surface area contributed by atoms with Gasteiger partial charge >= 0.3 is 0 Å². The Bertz CT molecular complexity index is 393. The molecule has 0 saturated carbocycles. The minimum Gasteiger partial charge on any atom is -0.392 e. The number of benzene rings is 1. The number of hydrogen-bond acceptors (Lipinski definition) is 3. The van der Waals surface area contributed by atoms with Crippen LogP contribution in [-0.4, -0.2) is 10.2 Å². The summed E-state index contributed by atoms with van der Waals surface area (Å²) in [6, 6.07) is 7.68. The molecule has 0 aromatic heterocycles. The highest BCUT2D eigenvalue weighted by atomic mass is 16.3. The van der Waals surface area contributed by atoms with Gasteiger partial charge in [-0.15, -0.1) is 0 Å². The summed E-state index contributed by atoms with van der Waals surface area (Å²) in [6.45, 7) is 3.79. The molecule has 0 bridgehead atoms. The molecule has 0 radical (unpaired) electrons. The van der Waals surface area contributed by atoms with E-state index in [-0.39, 0.29) is 25.0 Å². The van der Waals surface area contributed by atoms with Crippen molar-refractivity contribution in [1.29, 1.82) is 5.26 Å². The van der Waals surface area contributed by atoms with Gasteiger partial charge in [0.1, 0.15) is 0 Å². The Morgan fingerprint density at radius 1 is 1.19 bits per heavy atom. The molecule has 0 heterocycles. The zero-order valence-corrected chi connectivity index (χ0v) is 9.64. The molecule has 0 aliphatic rings. The lowest BCUT2D eigenvalue weighted by molar-refractivity contribution is 0.260. The lowest BCUT2D eigenvalue weighted by Crippen LogP contribution is -2.06. The smallest absolute Gasteiger partial charge is 0.0735 e. The summed E-state index contributed by atoms with van der Waals surface area (Å²) in [6.07, 6.45) is 0. The minimum atomic E-state index is -0.168. The number of nitrogens with zero attached hydrogens (tertiary/aromatic N) is 1. The summed E-state index contributed by atoms with van der Waals surface area (Å²) < 4.78 is 0. The molecule has 1 unspecified atom stereocenters. The number of hydrogen-bond donors (Lipinski definition) is 2. The van der Waals surface area contributed by atoms with E-state index in [1.165, 1.54) is 0 Å². The molecule has 2 N–H and O–H groups in total. The molecular formula is C13H17NO2. The van der Waals surface area contributed by atoms with E-state index in [1.807, 2.05) is 19.9 Å². The molecule has 16 heavy (non-hydrogen) atoms. The first-order chi connectivity index (χ1) is 7.63. The predicted octanol–water partition coefficient (Wildman–Crippen LogP) is 1.93. The summed E-state index contributed by atoms with van der Waals surface area (Å²) in [5, 5.41) is 27.3. The fraction of sp³-hybridized carbons (Fsp3) is 0.462. The van der Waals surface area contributed by atoms with Crippen LogP contribution in [0.4, 0.5) is 0 Å². The summed E-state index contributed by atoms with van der Waals surface area (Å²) in [5.74, 6) is 0.0644. The van der Waals surface area contributed by atoms with Crippen molar-refractivity contribution in [3.8, 4) is 6.07 Å². The highest BCUT2D eigenvalue weighted by Gasteiger charge is 2.16. The Kier molecular flexibility index (Phi) is 4.48. The van der Waals surface area contributed by atoms with Crippen molar-refractivity contribution in [2.75, 3.05) is 0 Å². The molecule has 1 rings (SSSR count). The van der Waals surface area contributed by atoms with E-state index in [9.17, 15) is 5.11 Å². The molecule has 0 saturated heterocycles. The lowest BCUT2D eigenvalue weighted by Gasteiger charge is -2.15. The van der Waals surface area contributed by atoms with Crippen molar-refractivity contribution in [1.82, 2.24) is 0 Å². The van der Waals surface area contributed by atoms with Gasteiger partial charge in [-0.1, -0.05) is 32.0 Å². The van der Waals surface area contributed by atoms with Gasteiger partial charge in [0.05, 0.1) is 25.2 Å². The van der Waals surface area contributed by atoms with Crippen LogP contribution in [0.3, 0.4) is 0 Å². The van der Waals surface area contributed by atoms with Crippen molar-refractivity contribution < 1.29 is 10.2 Å². The van der Waals surface area contributed by atoms with E-state index >= 15 is 0 Å². The van der Waals surface area contributed by atoms with Gasteiger partial charge in [0.15, 0.2) is 0 Å². The number of rotatable bonds is 4. The maximum absolute atomic E-state index is 9.17. The Morgan fingerprint density at radius 3 is 2.25 bits per heavy atom. The van der Waals surface area contributed by atoms with E-state index < -0.39 is 0 Å². The van der Waals surface area contributed by atoms with Gasteiger partial charge in [0.25, 0.3) is 0 Å². The highest BCUT2D eigenvalue weighted by molar-refractivity contribution is 5.35. The molecule has 1 atom stereocenters. The first kappa shape index (κ1) is 12.7. The predicted molar refractivity (Wildman–Crippen MR) is 61.5 cm³/mol. The maximum Gasteiger partial charge on any atom is 0.0735 e. The van der Waals surface area contributed by atoms with Crippen LogP contribution in [0, 0.1) is 17.2 Å². The highest BCUT2D eigenvalue weighted by Crippen LogP contribution is 2.25. The quantitative estimate of drug-likeness (QED) is 0.813. The first-order valence-corrected chi connectivity index (χ1v) is 5.37. The average Bonchev–Trinajstić information content (AvgIpc) is 2.29. The second-order valence-electron chi connectivity index (χ2n) is 4.20. The van der Waals surface area contributed by atoms with Gasteiger partial charge < -0.3 is 10.2 Å². The van der Waals surface area contributed by atoms with Gasteiger partial charge in [0.2, 0.25) is 0 Å². The van der Waals surface area contributed by atoms with Gasteiger partial charge in [-0.2, -0.15) is 5.26 Å². The molecule has 1 aromatic carbocycles. The van der Waals surface area contributed by atoms with Crippen LogP contribution in [0.2, 0.25) is 0 Å². The second kappa shape index (κ2) is 5.64. The second-order valence-corrected chi connectivity index (χ2v) is 4.20. The third-order valence-corrected chi connectivity index (χ3v) is 2.74. The monoisotopic (exact) mass is 219 g/mol. The lowest BCUT2D eigenvalue weighted by atomic mass is 9.88. The number of aliphatic hydroxyl groups excluding tert-OH is 2. The zero-order chi connectivity index (χ0) is 12.1. The van der Waals surface area contributed by atoms with Crippen LogP contribution in [0.1, 0.15) is 36.5 Å². The Labute approximate surface area is 96.0 Å². The number of aliphatic hydroxyl groups is 2. The van der Waals surface area contributed by atoms with Crippen molar-refractivity contribution in [3.05, 3.63) is 34.9 Å². The Morgan fingerprint density at radius 2 is 1.81 bits per heavy atom. The fourth-order valence-electron chi connectivity index (χ4n) is 1.75. The SMILES string of the molecule is CC(C)C(C#N)c1ccc(CO)c(CO)c1. The molecule has 0 aliphatic carbocycles. The fourth-order valence-corrected chi connectivity index (χ4v) is 1.75. The van der Waals surface area contributed by atoms with Gasteiger partial charge in [-0.05, 0) is 22.6 Å². The van der Waals surface area contributed by atoms with Gasteiger partial charge in [0, 0.05) is 0 Å². The van der Waals surface area contributed by atoms with Crippen LogP contribution in [0.5, 0.6) is 0 Å². The molecule has 0 spiro atoms. The summed E-state index contributed by atoms with van der Waals surface area (Å²) in [4.78, 5) is 0. The van der Waals surface area contributed by atoms with Crippen molar-refractivity contribution >= 4 is 0 Å². The van der Waals surface area contributed by atoms with Crippen molar-refractivity contribution in [3.63, 3.8) is 0 Å². The van der Waals surface area contributed by atoms with Gasteiger partial charge in [-0.3, -0.25) is 0 Å². The maximum atomic E-state index is 9.17. The molecule has 1 aromatic rings. The molecular weight excluding hydrogens is 202 g/mol. The van der Waals surface area contributed by atoms with E-state index in [2.05, 4.69) is 6.07 Å². The van der Waals surface area contributed by atoms with E-state index in [0.29, 0.717) is 11.1 Å². The van der Waals surface area contributed by atoms with Crippen LogP contribution in [0.15, 0.2) is 18.2 Å². The average molecular weight is 219 g/mol. The summed E-state index contributed by atoms with van der Waals surface area (Å²) in [5.41, 5.74) is 2.31. The first-order valence-electron chi connectivity index (χ1n) is 5.37. The molecule has 3 heteroatoms. The summed E-state index contributed by atoms with van der Waals surface area (Å²) >= 11 is 0. The Hall–Kier alpha value is -1.37. The van der Waals surface area contributed by atoms with Crippen LogP contribution >= 0.6 is 0 Å². The minimum absolute atomic E-state index is 0.0882. The van der Waals surface area contributed by atoms with E-state index in [1.54, 1.807) is 12.1 Å². The van der Waals surface area contributed by atoms with Crippen LogP contribution in [0.25, 0.3) is 0 Å². The largest absolute Gasteiger partial charge is 0.392 e. The van der Waals surface area contributed by atoms with Crippen LogP contribution in [-0.2, 0) is 13.2 Å². The zero-order valence-electron chi connectivity index (χ0n) is 9.64. The third kappa shape index (κ3) is 2.60. The van der Waals surface area contributed by atoms with Crippen LogP contribution < -0.4 is 0 Å². The van der Waals surface area contributed by atoms with Gasteiger partial charge in [-0.25, -0.2) is 0 Å². The van der Waals surface area contributed by atoms with E-state index in [0.717, 1.165) is 5.56 Å². The molecule has 86 valence electrons. The topological polar surface area (TPSA) is 64.2 Å². The molecule has 0 fully saturated rings. The molecule has 3 nitrogen and oxygen atoms in total. The van der Waals surface area contributed by atoms with E-state index in [4.69, 9.17) is 10.4 Å². The van der Waals surface area contributed by atoms with Crippen molar-refractivity contribution in [2.45, 2.75) is 33.0 Å². The Balaban J connectivity index is 3.12. The molecule has 0 aliphatic heterocycles. The third-order valence-electron chi connectivity index (χ3n) is 2.74. The normalized spacial score (nSPS) is 12.5. The molecule has 0 amide bonds. The summed E-state index contributed by atoms with van der Waals surface area (Å²) in [7, 11) is 0. The standard InChI is InChI=1S/C13H17NO2/c1-9(2)13(6-14)10-3-4-11(7-15)12(5-10)8-16/h3-5,9,13,15-16H,7-8H2,1-2H3. The number of nitriles is 1.